The molecular formula is C16H19N3O3S. The number of hydrogen-bond acceptors (Lipinski definition) is 4. The summed E-state index contributed by atoms with van der Waals surface area (Å²) < 4.78 is 0. The third-order valence-electron chi connectivity index (χ3n) is 3.13. The number of anilines is 1. The van der Waals surface area contributed by atoms with Gasteiger partial charge in [-0.3, -0.25) is 14.7 Å². The SMILES string of the molecule is CC(C)c1cc(C(=O)Nc2cccc(CSCC(=O)O)c2)n[nH]1. The number of aliphatic carboxylic acids is 1. The normalized spacial score (nSPS) is 10.7. The van der Waals surface area contributed by atoms with Crippen LogP contribution in [0.3, 0.4) is 0 Å². The van der Waals surface area contributed by atoms with Gasteiger partial charge in [-0.15, -0.1) is 11.8 Å². The van der Waals surface area contributed by atoms with Crippen LogP contribution in [0.1, 0.15) is 41.5 Å². The third-order valence-corrected chi connectivity index (χ3v) is 4.12. The second-order valence-corrected chi connectivity index (χ2v) is 6.39. The molecule has 1 amide bonds. The molecule has 7 heteroatoms. The number of rotatable bonds is 7. The Morgan fingerprint density at radius 2 is 2.13 bits per heavy atom. The summed E-state index contributed by atoms with van der Waals surface area (Å²) in [7, 11) is 0. The molecule has 0 atom stereocenters. The van der Waals surface area contributed by atoms with E-state index < -0.39 is 5.97 Å². The molecule has 2 rings (SSSR count). The van der Waals surface area contributed by atoms with Gasteiger partial charge in [-0.2, -0.15) is 5.10 Å². The first-order valence-corrected chi connectivity index (χ1v) is 8.36. The zero-order valence-electron chi connectivity index (χ0n) is 13.0. The van der Waals surface area contributed by atoms with Crippen molar-refractivity contribution in [2.75, 3.05) is 11.1 Å². The summed E-state index contributed by atoms with van der Waals surface area (Å²) in [6.07, 6.45) is 0. The largest absolute Gasteiger partial charge is 0.481 e. The minimum absolute atomic E-state index is 0.0574. The van der Waals surface area contributed by atoms with Gasteiger partial charge in [0.15, 0.2) is 5.69 Å². The zero-order chi connectivity index (χ0) is 16.8. The van der Waals surface area contributed by atoms with Crippen molar-refractivity contribution < 1.29 is 14.7 Å². The summed E-state index contributed by atoms with van der Waals surface area (Å²) in [4.78, 5) is 22.7. The second-order valence-electron chi connectivity index (χ2n) is 5.40. The van der Waals surface area contributed by atoms with E-state index in [1.807, 2.05) is 32.0 Å². The predicted molar refractivity (Wildman–Crippen MR) is 90.9 cm³/mol. The third kappa shape index (κ3) is 5.14. The lowest BCUT2D eigenvalue weighted by Gasteiger charge is -2.06. The number of hydrogen-bond donors (Lipinski definition) is 3. The number of carbonyl (C=O) groups is 2. The van der Waals surface area contributed by atoms with E-state index in [2.05, 4.69) is 15.5 Å². The Bertz CT molecular complexity index is 697. The van der Waals surface area contributed by atoms with Gasteiger partial charge >= 0.3 is 5.97 Å². The molecule has 2 aromatic rings. The van der Waals surface area contributed by atoms with Crippen LogP contribution in [0.4, 0.5) is 5.69 Å². The van der Waals surface area contributed by atoms with E-state index >= 15 is 0 Å². The van der Waals surface area contributed by atoms with Crippen molar-refractivity contribution in [1.82, 2.24) is 10.2 Å². The number of H-pyrrole nitrogens is 1. The van der Waals surface area contributed by atoms with E-state index in [4.69, 9.17) is 5.11 Å². The van der Waals surface area contributed by atoms with Crippen LogP contribution in [0.15, 0.2) is 30.3 Å². The fourth-order valence-electron chi connectivity index (χ4n) is 1.94. The van der Waals surface area contributed by atoms with E-state index in [1.54, 1.807) is 12.1 Å². The molecule has 0 aliphatic heterocycles. The zero-order valence-corrected chi connectivity index (χ0v) is 13.8. The highest BCUT2D eigenvalue weighted by Crippen LogP contribution is 2.18. The van der Waals surface area contributed by atoms with Crippen LogP contribution < -0.4 is 5.32 Å². The Balaban J connectivity index is 1.98. The topological polar surface area (TPSA) is 95.1 Å². The molecule has 6 nitrogen and oxygen atoms in total. The first kappa shape index (κ1) is 17.1. The number of amides is 1. The number of carbonyl (C=O) groups excluding carboxylic acids is 1. The summed E-state index contributed by atoms with van der Waals surface area (Å²) in [6, 6.07) is 9.10. The molecular weight excluding hydrogens is 314 g/mol. The molecule has 0 aliphatic carbocycles. The fourth-order valence-corrected chi connectivity index (χ4v) is 2.63. The highest BCUT2D eigenvalue weighted by molar-refractivity contribution is 7.99. The summed E-state index contributed by atoms with van der Waals surface area (Å²) in [5.41, 5.74) is 2.88. The van der Waals surface area contributed by atoms with Crippen LogP contribution in [0.5, 0.6) is 0 Å². The number of benzene rings is 1. The monoisotopic (exact) mass is 333 g/mol. The quantitative estimate of drug-likeness (QED) is 0.723. The molecule has 0 radical (unpaired) electrons. The Morgan fingerprint density at radius 3 is 2.78 bits per heavy atom. The molecule has 0 bridgehead atoms. The predicted octanol–water partition coefficient (Wildman–Crippen LogP) is 3.10. The van der Waals surface area contributed by atoms with Gasteiger partial charge in [-0.1, -0.05) is 26.0 Å². The van der Waals surface area contributed by atoms with E-state index in [-0.39, 0.29) is 17.6 Å². The van der Waals surface area contributed by atoms with Gasteiger partial charge in [0.05, 0.1) is 5.75 Å². The molecule has 23 heavy (non-hydrogen) atoms. The number of aromatic amines is 1. The van der Waals surface area contributed by atoms with Crippen LogP contribution in [-0.4, -0.2) is 32.9 Å². The maximum absolute atomic E-state index is 12.2. The molecule has 0 saturated heterocycles. The van der Waals surface area contributed by atoms with Gasteiger partial charge in [0, 0.05) is 17.1 Å². The van der Waals surface area contributed by atoms with Crippen molar-refractivity contribution >= 4 is 29.3 Å². The van der Waals surface area contributed by atoms with Crippen molar-refractivity contribution in [3.63, 3.8) is 0 Å². The molecule has 0 fully saturated rings. The summed E-state index contributed by atoms with van der Waals surface area (Å²) in [6.45, 7) is 4.04. The second kappa shape index (κ2) is 7.82. The summed E-state index contributed by atoms with van der Waals surface area (Å²) >= 11 is 1.32. The van der Waals surface area contributed by atoms with Crippen LogP contribution >= 0.6 is 11.8 Å². The van der Waals surface area contributed by atoms with Gasteiger partial charge < -0.3 is 10.4 Å². The smallest absolute Gasteiger partial charge is 0.313 e. The highest BCUT2D eigenvalue weighted by Gasteiger charge is 2.12. The number of nitrogens with one attached hydrogen (secondary N) is 2. The summed E-state index contributed by atoms with van der Waals surface area (Å²) in [5.74, 6) is -0.196. The van der Waals surface area contributed by atoms with Gasteiger partial charge in [-0.05, 0) is 29.7 Å². The summed E-state index contributed by atoms with van der Waals surface area (Å²) in [5, 5.41) is 18.3. The fraction of sp³-hybridized carbons (Fsp3) is 0.312. The van der Waals surface area contributed by atoms with E-state index in [0.717, 1.165) is 11.3 Å². The molecule has 1 aromatic carbocycles. The molecule has 122 valence electrons. The maximum Gasteiger partial charge on any atom is 0.313 e. The van der Waals surface area contributed by atoms with E-state index in [9.17, 15) is 9.59 Å². The van der Waals surface area contributed by atoms with Crippen LogP contribution in [0.2, 0.25) is 0 Å². The number of thioether (sulfide) groups is 1. The lowest BCUT2D eigenvalue weighted by molar-refractivity contribution is -0.133. The van der Waals surface area contributed by atoms with Gasteiger partial charge in [0.2, 0.25) is 0 Å². The number of carboxylic acid groups (broad SMARTS) is 1. The van der Waals surface area contributed by atoms with Crippen molar-refractivity contribution in [3.8, 4) is 0 Å². The number of carboxylic acids is 1. The average molecular weight is 333 g/mol. The minimum atomic E-state index is -0.834. The van der Waals surface area contributed by atoms with Gasteiger partial charge in [0.1, 0.15) is 0 Å². The Hall–Kier alpha value is -2.28. The molecule has 0 saturated carbocycles. The number of nitrogens with zero attached hydrogens (tertiary/aromatic N) is 1. The molecule has 1 heterocycles. The molecule has 0 aliphatic rings. The molecule has 3 N–H and O–H groups in total. The average Bonchev–Trinajstić information content (AvgIpc) is 2.97. The first-order chi connectivity index (χ1) is 11.0. The maximum atomic E-state index is 12.2. The Kier molecular flexibility index (Phi) is 5.81. The van der Waals surface area contributed by atoms with Gasteiger partial charge in [-0.25, -0.2) is 0 Å². The van der Waals surface area contributed by atoms with Gasteiger partial charge in [0.25, 0.3) is 5.91 Å². The van der Waals surface area contributed by atoms with Crippen LogP contribution in [-0.2, 0) is 10.5 Å². The van der Waals surface area contributed by atoms with E-state index in [0.29, 0.717) is 17.1 Å². The number of aromatic nitrogens is 2. The van der Waals surface area contributed by atoms with E-state index in [1.165, 1.54) is 11.8 Å². The van der Waals surface area contributed by atoms with Crippen LogP contribution in [0.25, 0.3) is 0 Å². The van der Waals surface area contributed by atoms with Crippen molar-refractivity contribution in [3.05, 3.63) is 47.3 Å². The van der Waals surface area contributed by atoms with Crippen molar-refractivity contribution in [1.29, 1.82) is 0 Å². The first-order valence-electron chi connectivity index (χ1n) is 7.21. The standard InChI is InChI=1S/C16H19N3O3S/c1-10(2)13-7-14(19-18-13)16(22)17-12-5-3-4-11(6-12)8-23-9-15(20)21/h3-7,10H,8-9H2,1-2H3,(H,17,22)(H,18,19)(H,20,21). The molecule has 1 aromatic heterocycles. The minimum Gasteiger partial charge on any atom is -0.481 e. The van der Waals surface area contributed by atoms with Crippen LogP contribution in [0, 0.1) is 0 Å². The molecule has 0 spiro atoms. The lowest BCUT2D eigenvalue weighted by Crippen LogP contribution is -2.12. The highest BCUT2D eigenvalue weighted by atomic mass is 32.2. The van der Waals surface area contributed by atoms with Crippen molar-refractivity contribution in [2.45, 2.75) is 25.5 Å². The Morgan fingerprint density at radius 1 is 1.35 bits per heavy atom. The Labute approximate surface area is 138 Å². The molecule has 0 unspecified atom stereocenters. The lowest BCUT2D eigenvalue weighted by atomic mass is 10.1. The van der Waals surface area contributed by atoms with Crippen molar-refractivity contribution in [2.24, 2.45) is 0 Å².